The Balaban J connectivity index is 1.58. The summed E-state index contributed by atoms with van der Waals surface area (Å²) in [5, 5.41) is 9.71. The van der Waals surface area contributed by atoms with Gasteiger partial charge < -0.3 is 19.5 Å². The first-order chi connectivity index (χ1) is 16.5. The fraction of sp³-hybridized carbons (Fsp3) is 0.444. The first kappa shape index (κ1) is 26.1. The standard InChI is InChI=1S/C27H34N2O6/c1-27(2,3)35-25(32)28(4)16-10-15-23(24(30)31)29(5)26(33)34-17-22-20-13-8-6-11-18(20)19-12-7-9-14-21(19)22/h6-9,11-14,22-23H,10,15-17H2,1-5H3,(H,30,31)/t23-/m0/s1. The van der Waals surface area contributed by atoms with E-state index in [1.165, 1.54) is 11.9 Å². The normalized spacial score (nSPS) is 13.4. The van der Waals surface area contributed by atoms with Crippen LogP contribution in [0.25, 0.3) is 11.1 Å². The lowest BCUT2D eigenvalue weighted by Gasteiger charge is -2.27. The molecule has 0 aliphatic heterocycles. The molecule has 0 bridgehead atoms. The molecule has 35 heavy (non-hydrogen) atoms. The number of fused-ring (bicyclic) bond motifs is 3. The second-order valence-corrected chi connectivity index (χ2v) is 9.81. The third kappa shape index (κ3) is 6.32. The van der Waals surface area contributed by atoms with Crippen LogP contribution in [0.4, 0.5) is 9.59 Å². The van der Waals surface area contributed by atoms with Crippen LogP contribution in [0.1, 0.15) is 50.7 Å². The molecule has 0 radical (unpaired) electrons. The minimum atomic E-state index is -1.12. The van der Waals surface area contributed by atoms with E-state index in [4.69, 9.17) is 9.47 Å². The van der Waals surface area contributed by atoms with Crippen LogP contribution in [0.15, 0.2) is 48.5 Å². The number of carboxylic acids is 1. The maximum absolute atomic E-state index is 12.8. The van der Waals surface area contributed by atoms with E-state index in [0.717, 1.165) is 27.2 Å². The summed E-state index contributed by atoms with van der Waals surface area (Å²) in [5.74, 6) is -1.23. The van der Waals surface area contributed by atoms with E-state index in [1.54, 1.807) is 27.8 Å². The molecular weight excluding hydrogens is 448 g/mol. The zero-order valence-corrected chi connectivity index (χ0v) is 21.0. The lowest BCUT2D eigenvalue weighted by molar-refractivity contribution is -0.142. The van der Waals surface area contributed by atoms with Gasteiger partial charge in [0.1, 0.15) is 18.2 Å². The fourth-order valence-electron chi connectivity index (χ4n) is 4.26. The highest BCUT2D eigenvalue weighted by Gasteiger charge is 2.32. The van der Waals surface area contributed by atoms with Crippen LogP contribution in [-0.4, -0.2) is 72.0 Å². The van der Waals surface area contributed by atoms with E-state index in [0.29, 0.717) is 13.0 Å². The van der Waals surface area contributed by atoms with E-state index in [9.17, 15) is 19.5 Å². The lowest BCUT2D eigenvalue weighted by Crippen LogP contribution is -2.43. The van der Waals surface area contributed by atoms with Crippen LogP contribution < -0.4 is 0 Å². The van der Waals surface area contributed by atoms with Crippen molar-refractivity contribution >= 4 is 18.2 Å². The Morgan fingerprint density at radius 1 is 0.943 bits per heavy atom. The summed E-state index contributed by atoms with van der Waals surface area (Å²) in [5.41, 5.74) is 3.80. The Hall–Kier alpha value is -3.55. The number of likely N-dealkylation sites (N-methyl/N-ethyl adjacent to an activating group) is 1. The summed E-state index contributed by atoms with van der Waals surface area (Å²) in [6, 6.07) is 15.0. The first-order valence-corrected chi connectivity index (χ1v) is 11.7. The van der Waals surface area contributed by atoms with Gasteiger partial charge in [0, 0.05) is 26.6 Å². The van der Waals surface area contributed by atoms with Gasteiger partial charge in [-0.3, -0.25) is 4.90 Å². The molecule has 8 nitrogen and oxygen atoms in total. The predicted octanol–water partition coefficient (Wildman–Crippen LogP) is 4.97. The number of carboxylic acid groups (broad SMARTS) is 1. The number of carbonyl (C=O) groups excluding carboxylic acids is 2. The summed E-state index contributed by atoms with van der Waals surface area (Å²) in [7, 11) is 3.02. The maximum atomic E-state index is 12.8. The summed E-state index contributed by atoms with van der Waals surface area (Å²) < 4.78 is 10.9. The zero-order chi connectivity index (χ0) is 25.8. The van der Waals surface area contributed by atoms with Gasteiger partial charge in [-0.15, -0.1) is 0 Å². The van der Waals surface area contributed by atoms with Crippen molar-refractivity contribution in [1.82, 2.24) is 9.80 Å². The van der Waals surface area contributed by atoms with Gasteiger partial charge in [0.15, 0.2) is 0 Å². The molecule has 0 aromatic heterocycles. The van der Waals surface area contributed by atoms with Gasteiger partial charge in [-0.25, -0.2) is 14.4 Å². The van der Waals surface area contributed by atoms with Crippen molar-refractivity contribution in [2.45, 2.75) is 51.2 Å². The second-order valence-electron chi connectivity index (χ2n) is 9.81. The molecule has 0 spiro atoms. The van der Waals surface area contributed by atoms with Gasteiger partial charge in [0.25, 0.3) is 0 Å². The Morgan fingerprint density at radius 2 is 1.49 bits per heavy atom. The zero-order valence-electron chi connectivity index (χ0n) is 21.0. The van der Waals surface area contributed by atoms with E-state index in [1.807, 2.05) is 36.4 Å². The number of nitrogens with zero attached hydrogens (tertiary/aromatic N) is 2. The molecular formula is C27H34N2O6. The number of carbonyl (C=O) groups is 3. The molecule has 1 aliphatic rings. The van der Waals surface area contributed by atoms with Crippen LogP contribution in [0.2, 0.25) is 0 Å². The Kier molecular flexibility index (Phi) is 8.04. The molecule has 0 saturated carbocycles. The summed E-state index contributed by atoms with van der Waals surface area (Å²) in [6.07, 6.45) is -0.620. The number of rotatable bonds is 8. The van der Waals surface area contributed by atoms with E-state index < -0.39 is 29.8 Å². The van der Waals surface area contributed by atoms with Crippen molar-refractivity contribution in [3.8, 4) is 11.1 Å². The highest BCUT2D eigenvalue weighted by molar-refractivity contribution is 5.81. The average molecular weight is 483 g/mol. The molecule has 0 fully saturated rings. The minimum Gasteiger partial charge on any atom is -0.480 e. The van der Waals surface area contributed by atoms with Gasteiger partial charge in [-0.1, -0.05) is 48.5 Å². The SMILES string of the molecule is CN(CCC[C@@H](C(=O)O)N(C)C(=O)OCC1c2ccccc2-c2ccccc21)C(=O)OC(C)(C)C. The van der Waals surface area contributed by atoms with Crippen molar-refractivity contribution in [1.29, 1.82) is 0 Å². The molecule has 0 heterocycles. The van der Waals surface area contributed by atoms with Gasteiger partial charge in [0.2, 0.25) is 0 Å². The molecule has 3 rings (SSSR count). The smallest absolute Gasteiger partial charge is 0.410 e. The molecule has 1 atom stereocenters. The van der Waals surface area contributed by atoms with Crippen molar-refractivity contribution < 1.29 is 29.0 Å². The van der Waals surface area contributed by atoms with E-state index in [2.05, 4.69) is 12.1 Å². The topological polar surface area (TPSA) is 96.4 Å². The fourth-order valence-corrected chi connectivity index (χ4v) is 4.26. The second kappa shape index (κ2) is 10.8. The van der Waals surface area contributed by atoms with Crippen LogP contribution in [0.3, 0.4) is 0 Å². The lowest BCUT2D eigenvalue weighted by atomic mass is 9.98. The molecule has 8 heteroatoms. The van der Waals surface area contributed by atoms with Gasteiger partial charge in [0.05, 0.1) is 0 Å². The maximum Gasteiger partial charge on any atom is 0.410 e. The van der Waals surface area contributed by atoms with Crippen LogP contribution in [-0.2, 0) is 14.3 Å². The highest BCUT2D eigenvalue weighted by atomic mass is 16.6. The Labute approximate surface area is 206 Å². The number of amides is 2. The van der Waals surface area contributed by atoms with E-state index >= 15 is 0 Å². The van der Waals surface area contributed by atoms with Crippen molar-refractivity contribution in [2.24, 2.45) is 0 Å². The highest BCUT2D eigenvalue weighted by Crippen LogP contribution is 2.44. The van der Waals surface area contributed by atoms with Gasteiger partial charge in [-0.2, -0.15) is 0 Å². The predicted molar refractivity (Wildman–Crippen MR) is 132 cm³/mol. The number of hydrogen-bond donors (Lipinski definition) is 1. The number of aliphatic carboxylic acids is 1. The minimum absolute atomic E-state index is 0.106. The van der Waals surface area contributed by atoms with Crippen molar-refractivity contribution in [3.05, 3.63) is 59.7 Å². The Morgan fingerprint density at radius 3 is 2.00 bits per heavy atom. The van der Waals surface area contributed by atoms with Crippen molar-refractivity contribution in [3.63, 3.8) is 0 Å². The summed E-state index contributed by atoms with van der Waals surface area (Å²) in [4.78, 5) is 39.3. The van der Waals surface area contributed by atoms with Gasteiger partial charge >= 0.3 is 18.2 Å². The molecule has 0 unspecified atom stereocenters. The van der Waals surface area contributed by atoms with Gasteiger partial charge in [-0.05, 0) is 55.9 Å². The van der Waals surface area contributed by atoms with Crippen LogP contribution >= 0.6 is 0 Å². The third-order valence-electron chi connectivity index (χ3n) is 6.05. The van der Waals surface area contributed by atoms with Crippen LogP contribution in [0.5, 0.6) is 0 Å². The van der Waals surface area contributed by atoms with E-state index in [-0.39, 0.29) is 18.9 Å². The molecule has 188 valence electrons. The molecule has 1 N–H and O–H groups in total. The summed E-state index contributed by atoms with van der Waals surface area (Å²) >= 11 is 0. The summed E-state index contributed by atoms with van der Waals surface area (Å²) in [6.45, 7) is 5.76. The monoisotopic (exact) mass is 482 g/mol. The number of hydrogen-bond acceptors (Lipinski definition) is 5. The van der Waals surface area contributed by atoms with Crippen molar-refractivity contribution in [2.75, 3.05) is 27.2 Å². The van der Waals surface area contributed by atoms with Crippen LogP contribution in [0, 0.1) is 0 Å². The molecule has 0 saturated heterocycles. The Bertz CT molecular complexity index is 1030. The quantitative estimate of drug-likeness (QED) is 0.571. The molecule has 2 aromatic carbocycles. The number of ether oxygens (including phenoxy) is 2. The molecule has 2 amide bonds. The first-order valence-electron chi connectivity index (χ1n) is 11.7. The third-order valence-corrected chi connectivity index (χ3v) is 6.05. The average Bonchev–Trinajstić information content (AvgIpc) is 3.12. The molecule has 1 aliphatic carbocycles. The molecule has 2 aromatic rings. The number of benzene rings is 2. The largest absolute Gasteiger partial charge is 0.480 e.